The molecule has 0 spiro atoms. The Balaban J connectivity index is 1.59. The molecule has 0 aliphatic carbocycles. The lowest BCUT2D eigenvalue weighted by Crippen LogP contribution is -2.15. The second-order valence-corrected chi connectivity index (χ2v) is 6.78. The Bertz CT molecular complexity index is 1130. The van der Waals surface area contributed by atoms with Crippen molar-refractivity contribution in [3.63, 3.8) is 0 Å². The van der Waals surface area contributed by atoms with Crippen LogP contribution in [-0.2, 0) is 4.79 Å². The monoisotopic (exact) mass is 366 g/mol. The molecule has 0 fully saturated rings. The quantitative estimate of drug-likeness (QED) is 0.553. The van der Waals surface area contributed by atoms with E-state index in [4.69, 9.17) is 0 Å². The number of para-hydroxylation sites is 2. The van der Waals surface area contributed by atoms with Gasteiger partial charge in [0.05, 0.1) is 17.0 Å². The standard InChI is InChI=1S/C19H15FN4OS/c1-12-10-17-22-23-19(24(17)16-9-5-2-6-13(12)16)26-11-18(25)21-15-8-4-3-7-14(15)20/h2-10H,11H2,1H3,(H,21,25). The molecule has 26 heavy (non-hydrogen) atoms. The molecular weight excluding hydrogens is 351 g/mol. The van der Waals surface area contributed by atoms with E-state index < -0.39 is 5.82 Å². The molecule has 2 heterocycles. The van der Waals surface area contributed by atoms with Crippen molar-refractivity contribution in [2.45, 2.75) is 12.1 Å². The SMILES string of the molecule is Cc1cc2nnc(SCC(=O)Nc3ccccc3F)n2c2ccccc12. The Morgan fingerprint density at radius 2 is 1.92 bits per heavy atom. The summed E-state index contributed by atoms with van der Waals surface area (Å²) in [5.74, 6) is -0.648. The predicted octanol–water partition coefficient (Wildman–Crippen LogP) is 4.06. The van der Waals surface area contributed by atoms with E-state index in [1.165, 1.54) is 23.9 Å². The number of benzene rings is 2. The van der Waals surface area contributed by atoms with Crippen molar-refractivity contribution < 1.29 is 9.18 Å². The number of pyridine rings is 1. The highest BCUT2D eigenvalue weighted by atomic mass is 32.2. The van der Waals surface area contributed by atoms with E-state index in [1.54, 1.807) is 12.1 Å². The smallest absolute Gasteiger partial charge is 0.234 e. The summed E-state index contributed by atoms with van der Waals surface area (Å²) in [7, 11) is 0. The maximum atomic E-state index is 13.6. The van der Waals surface area contributed by atoms with Gasteiger partial charge < -0.3 is 5.32 Å². The first-order chi connectivity index (χ1) is 12.6. The molecule has 7 heteroatoms. The van der Waals surface area contributed by atoms with Crippen LogP contribution in [-0.4, -0.2) is 26.3 Å². The summed E-state index contributed by atoms with van der Waals surface area (Å²) in [5.41, 5.74) is 3.02. The molecule has 4 aromatic rings. The van der Waals surface area contributed by atoms with Crippen LogP contribution in [0.2, 0.25) is 0 Å². The Kier molecular flexibility index (Phi) is 4.30. The van der Waals surface area contributed by atoms with Crippen LogP contribution in [0.4, 0.5) is 10.1 Å². The summed E-state index contributed by atoms with van der Waals surface area (Å²) in [6, 6.07) is 16.1. The van der Waals surface area contributed by atoms with Crippen molar-refractivity contribution in [1.82, 2.24) is 14.6 Å². The van der Waals surface area contributed by atoms with Gasteiger partial charge in [-0.05, 0) is 36.8 Å². The molecule has 2 aromatic heterocycles. The van der Waals surface area contributed by atoms with Crippen LogP contribution in [0.15, 0.2) is 59.8 Å². The average molecular weight is 366 g/mol. The third-order valence-electron chi connectivity index (χ3n) is 4.05. The first kappa shape index (κ1) is 16.5. The minimum Gasteiger partial charge on any atom is -0.323 e. The van der Waals surface area contributed by atoms with E-state index in [0.29, 0.717) is 5.16 Å². The number of halogens is 1. The third-order valence-corrected chi connectivity index (χ3v) is 4.98. The Morgan fingerprint density at radius 1 is 1.15 bits per heavy atom. The fourth-order valence-corrected chi connectivity index (χ4v) is 3.60. The summed E-state index contributed by atoms with van der Waals surface area (Å²) in [5, 5.41) is 12.7. The largest absolute Gasteiger partial charge is 0.323 e. The molecule has 2 aromatic carbocycles. The highest BCUT2D eigenvalue weighted by Gasteiger charge is 2.13. The zero-order valence-electron chi connectivity index (χ0n) is 13.9. The molecule has 0 unspecified atom stereocenters. The van der Waals surface area contributed by atoms with Gasteiger partial charge in [-0.1, -0.05) is 42.1 Å². The molecule has 0 aliphatic rings. The minimum atomic E-state index is -0.458. The molecular formula is C19H15FN4OS. The van der Waals surface area contributed by atoms with Crippen molar-refractivity contribution in [3.8, 4) is 0 Å². The number of carbonyl (C=O) groups is 1. The average Bonchev–Trinajstić information content (AvgIpc) is 3.05. The summed E-state index contributed by atoms with van der Waals surface area (Å²) in [4.78, 5) is 12.2. The number of aromatic nitrogens is 3. The number of hydrogen-bond acceptors (Lipinski definition) is 4. The van der Waals surface area contributed by atoms with Crippen LogP contribution in [0.25, 0.3) is 16.6 Å². The van der Waals surface area contributed by atoms with Crippen molar-refractivity contribution in [3.05, 3.63) is 66.0 Å². The van der Waals surface area contributed by atoms with E-state index in [-0.39, 0.29) is 17.3 Å². The lowest BCUT2D eigenvalue weighted by atomic mass is 10.1. The first-order valence-corrected chi connectivity index (χ1v) is 9.03. The lowest BCUT2D eigenvalue weighted by molar-refractivity contribution is -0.113. The normalized spacial score (nSPS) is 11.2. The Hall–Kier alpha value is -2.93. The lowest BCUT2D eigenvalue weighted by Gasteiger charge is -2.08. The van der Waals surface area contributed by atoms with Crippen LogP contribution in [0.1, 0.15) is 5.56 Å². The summed E-state index contributed by atoms with van der Waals surface area (Å²) < 4.78 is 15.6. The summed E-state index contributed by atoms with van der Waals surface area (Å²) >= 11 is 1.27. The van der Waals surface area contributed by atoms with Gasteiger partial charge in [-0.15, -0.1) is 10.2 Å². The number of aryl methyl sites for hydroxylation is 1. The van der Waals surface area contributed by atoms with Gasteiger partial charge in [-0.25, -0.2) is 4.39 Å². The van der Waals surface area contributed by atoms with E-state index in [2.05, 4.69) is 15.5 Å². The molecule has 0 saturated heterocycles. The molecule has 4 rings (SSSR count). The van der Waals surface area contributed by atoms with Crippen LogP contribution < -0.4 is 5.32 Å². The highest BCUT2D eigenvalue weighted by Crippen LogP contribution is 2.25. The number of nitrogens with zero attached hydrogens (tertiary/aromatic N) is 3. The van der Waals surface area contributed by atoms with Crippen molar-refractivity contribution in [2.75, 3.05) is 11.1 Å². The Morgan fingerprint density at radius 3 is 2.77 bits per heavy atom. The van der Waals surface area contributed by atoms with Crippen molar-refractivity contribution in [1.29, 1.82) is 0 Å². The van der Waals surface area contributed by atoms with Gasteiger partial charge in [0, 0.05) is 5.39 Å². The number of fused-ring (bicyclic) bond motifs is 3. The van der Waals surface area contributed by atoms with Gasteiger partial charge in [0.1, 0.15) is 5.82 Å². The third kappa shape index (κ3) is 3.01. The molecule has 0 aliphatic heterocycles. The summed E-state index contributed by atoms with van der Waals surface area (Å²) in [6.45, 7) is 2.03. The molecule has 1 N–H and O–H groups in total. The van der Waals surface area contributed by atoms with Gasteiger partial charge in [0.2, 0.25) is 5.91 Å². The molecule has 5 nitrogen and oxygen atoms in total. The van der Waals surface area contributed by atoms with Crippen LogP contribution in [0.3, 0.4) is 0 Å². The van der Waals surface area contributed by atoms with Crippen LogP contribution in [0, 0.1) is 12.7 Å². The number of amides is 1. The van der Waals surface area contributed by atoms with Gasteiger partial charge in [0.25, 0.3) is 0 Å². The second kappa shape index (κ2) is 6.76. The topological polar surface area (TPSA) is 59.3 Å². The van der Waals surface area contributed by atoms with Crippen LogP contribution >= 0.6 is 11.8 Å². The fourth-order valence-electron chi connectivity index (χ4n) is 2.85. The maximum absolute atomic E-state index is 13.6. The van der Waals surface area contributed by atoms with Gasteiger partial charge in [-0.2, -0.15) is 0 Å². The second-order valence-electron chi connectivity index (χ2n) is 5.84. The molecule has 0 radical (unpaired) electrons. The number of rotatable bonds is 4. The van der Waals surface area contributed by atoms with Gasteiger partial charge in [-0.3, -0.25) is 9.20 Å². The first-order valence-electron chi connectivity index (χ1n) is 8.04. The number of nitrogens with one attached hydrogen (secondary N) is 1. The fraction of sp³-hybridized carbons (Fsp3) is 0.105. The summed E-state index contributed by atoms with van der Waals surface area (Å²) in [6.07, 6.45) is 0. The molecule has 1 amide bonds. The number of hydrogen-bond donors (Lipinski definition) is 1. The molecule has 130 valence electrons. The van der Waals surface area contributed by atoms with E-state index in [1.807, 2.05) is 41.7 Å². The Labute approximate surface area is 153 Å². The van der Waals surface area contributed by atoms with E-state index in [0.717, 1.165) is 22.1 Å². The van der Waals surface area contributed by atoms with Gasteiger partial charge >= 0.3 is 0 Å². The van der Waals surface area contributed by atoms with Crippen LogP contribution in [0.5, 0.6) is 0 Å². The zero-order valence-corrected chi connectivity index (χ0v) is 14.8. The molecule has 0 atom stereocenters. The van der Waals surface area contributed by atoms with Crippen molar-refractivity contribution in [2.24, 2.45) is 0 Å². The zero-order chi connectivity index (χ0) is 18.1. The number of anilines is 1. The van der Waals surface area contributed by atoms with Crippen molar-refractivity contribution >= 4 is 39.9 Å². The van der Waals surface area contributed by atoms with Gasteiger partial charge in [0.15, 0.2) is 10.8 Å². The predicted molar refractivity (Wildman–Crippen MR) is 101 cm³/mol. The maximum Gasteiger partial charge on any atom is 0.234 e. The van der Waals surface area contributed by atoms with E-state index in [9.17, 15) is 9.18 Å². The number of thioether (sulfide) groups is 1. The minimum absolute atomic E-state index is 0.108. The molecule has 0 bridgehead atoms. The number of carbonyl (C=O) groups excluding carboxylic acids is 1. The van der Waals surface area contributed by atoms with E-state index >= 15 is 0 Å². The highest BCUT2D eigenvalue weighted by molar-refractivity contribution is 7.99. The molecule has 0 saturated carbocycles.